The summed E-state index contributed by atoms with van der Waals surface area (Å²) >= 11 is 0. The summed E-state index contributed by atoms with van der Waals surface area (Å²) in [5.41, 5.74) is 6.06. The molecular weight excluding hydrogens is 214 g/mol. The van der Waals surface area contributed by atoms with Crippen LogP contribution in [0, 0.1) is 5.92 Å². The summed E-state index contributed by atoms with van der Waals surface area (Å²) in [5, 5.41) is 0. The zero-order valence-electron chi connectivity index (χ0n) is 10.4. The maximum absolute atomic E-state index is 12.3. The zero-order valence-corrected chi connectivity index (χ0v) is 10.4. The average Bonchev–Trinajstić information content (AvgIpc) is 2.32. The van der Waals surface area contributed by atoms with Crippen molar-refractivity contribution in [2.75, 3.05) is 12.3 Å². The van der Waals surface area contributed by atoms with Crippen LogP contribution in [-0.2, 0) is 0 Å². The van der Waals surface area contributed by atoms with Gasteiger partial charge in [-0.1, -0.05) is 13.0 Å². The molecule has 2 rings (SSSR count). The van der Waals surface area contributed by atoms with E-state index < -0.39 is 0 Å². The van der Waals surface area contributed by atoms with Crippen molar-refractivity contribution in [2.24, 2.45) is 5.92 Å². The Kier molecular flexibility index (Phi) is 3.31. The van der Waals surface area contributed by atoms with Crippen LogP contribution in [0.3, 0.4) is 0 Å². The second kappa shape index (κ2) is 4.73. The van der Waals surface area contributed by atoms with Gasteiger partial charge >= 0.3 is 0 Å². The maximum atomic E-state index is 12.3. The van der Waals surface area contributed by atoms with Gasteiger partial charge in [-0.15, -0.1) is 0 Å². The highest BCUT2D eigenvalue weighted by atomic mass is 16.2. The third-order valence-electron chi connectivity index (χ3n) is 3.62. The molecule has 0 aliphatic carbocycles. The summed E-state index contributed by atoms with van der Waals surface area (Å²) in [4.78, 5) is 18.3. The molecule has 1 aromatic rings. The highest BCUT2D eigenvalue weighted by molar-refractivity contribution is 5.92. The largest absolute Gasteiger partial charge is 0.384 e. The van der Waals surface area contributed by atoms with Crippen LogP contribution in [0.1, 0.15) is 37.2 Å². The number of hydrogen-bond donors (Lipinski definition) is 1. The smallest absolute Gasteiger partial charge is 0.272 e. The molecule has 4 nitrogen and oxygen atoms in total. The monoisotopic (exact) mass is 233 g/mol. The standard InChI is InChI=1S/C13H19N3O/c1-9-5-4-8-16(10(9)2)13(17)11-6-3-7-12(14)15-11/h3,6-7,9-10H,4-5,8H2,1-2H3,(H2,14,15)/t9-,10-/m1/s1. The van der Waals surface area contributed by atoms with Crippen molar-refractivity contribution in [1.82, 2.24) is 9.88 Å². The number of nitrogens with zero attached hydrogens (tertiary/aromatic N) is 2. The number of carbonyl (C=O) groups is 1. The van der Waals surface area contributed by atoms with Crippen LogP contribution in [0.2, 0.25) is 0 Å². The molecule has 2 heterocycles. The zero-order chi connectivity index (χ0) is 12.4. The van der Waals surface area contributed by atoms with Gasteiger partial charge in [-0.05, 0) is 37.8 Å². The number of nitrogen functional groups attached to an aromatic ring is 1. The minimum Gasteiger partial charge on any atom is -0.384 e. The lowest BCUT2D eigenvalue weighted by atomic mass is 9.92. The van der Waals surface area contributed by atoms with Gasteiger partial charge in [-0.2, -0.15) is 0 Å². The lowest BCUT2D eigenvalue weighted by Crippen LogP contribution is -2.46. The molecule has 0 spiro atoms. The molecule has 1 aliphatic heterocycles. The van der Waals surface area contributed by atoms with E-state index in [1.807, 2.05) is 4.90 Å². The Bertz CT molecular complexity index is 419. The number of amides is 1. The van der Waals surface area contributed by atoms with Gasteiger partial charge in [-0.25, -0.2) is 4.98 Å². The fourth-order valence-corrected chi connectivity index (χ4v) is 2.34. The van der Waals surface area contributed by atoms with Gasteiger partial charge in [0, 0.05) is 12.6 Å². The van der Waals surface area contributed by atoms with Gasteiger partial charge in [-0.3, -0.25) is 4.79 Å². The lowest BCUT2D eigenvalue weighted by Gasteiger charge is -2.37. The number of nitrogens with two attached hydrogens (primary N) is 1. The van der Waals surface area contributed by atoms with Crippen molar-refractivity contribution in [3.63, 3.8) is 0 Å². The molecule has 1 aromatic heterocycles. The predicted octanol–water partition coefficient (Wildman–Crippen LogP) is 1.92. The van der Waals surface area contributed by atoms with Crippen molar-refractivity contribution >= 4 is 11.7 Å². The summed E-state index contributed by atoms with van der Waals surface area (Å²) < 4.78 is 0. The summed E-state index contributed by atoms with van der Waals surface area (Å²) in [5.74, 6) is 0.943. The van der Waals surface area contributed by atoms with Crippen LogP contribution in [0.4, 0.5) is 5.82 Å². The van der Waals surface area contributed by atoms with E-state index in [0.29, 0.717) is 17.4 Å². The van der Waals surface area contributed by atoms with Gasteiger partial charge in [0.2, 0.25) is 0 Å². The molecule has 92 valence electrons. The summed E-state index contributed by atoms with van der Waals surface area (Å²) in [6, 6.07) is 5.47. The fourth-order valence-electron chi connectivity index (χ4n) is 2.34. The Morgan fingerprint density at radius 3 is 2.94 bits per heavy atom. The highest BCUT2D eigenvalue weighted by Gasteiger charge is 2.29. The third kappa shape index (κ3) is 2.40. The Balaban J connectivity index is 2.19. The first-order valence-corrected chi connectivity index (χ1v) is 6.13. The van der Waals surface area contributed by atoms with Crippen molar-refractivity contribution in [2.45, 2.75) is 32.7 Å². The van der Waals surface area contributed by atoms with Gasteiger partial charge in [0.25, 0.3) is 5.91 Å². The minimum atomic E-state index is -0.00338. The molecule has 0 saturated carbocycles. The number of pyridine rings is 1. The second-order valence-electron chi connectivity index (χ2n) is 4.81. The van der Waals surface area contributed by atoms with Crippen LogP contribution in [0.25, 0.3) is 0 Å². The van der Waals surface area contributed by atoms with E-state index in [1.165, 1.54) is 6.42 Å². The van der Waals surface area contributed by atoms with Crippen molar-refractivity contribution in [3.05, 3.63) is 23.9 Å². The minimum absolute atomic E-state index is 0.00338. The number of piperidine rings is 1. The van der Waals surface area contributed by atoms with Crippen LogP contribution >= 0.6 is 0 Å². The average molecular weight is 233 g/mol. The van der Waals surface area contributed by atoms with Gasteiger partial charge in [0.05, 0.1) is 0 Å². The van der Waals surface area contributed by atoms with E-state index in [2.05, 4.69) is 18.8 Å². The van der Waals surface area contributed by atoms with Gasteiger partial charge in [0.15, 0.2) is 0 Å². The van der Waals surface area contributed by atoms with Crippen LogP contribution in [-0.4, -0.2) is 28.4 Å². The Morgan fingerprint density at radius 1 is 1.47 bits per heavy atom. The molecule has 1 saturated heterocycles. The summed E-state index contributed by atoms with van der Waals surface area (Å²) in [6.07, 6.45) is 2.26. The Labute approximate surface area is 102 Å². The van der Waals surface area contributed by atoms with E-state index >= 15 is 0 Å². The number of aromatic nitrogens is 1. The number of rotatable bonds is 1. The normalized spacial score (nSPS) is 24.7. The first kappa shape index (κ1) is 11.9. The van der Waals surface area contributed by atoms with Crippen LogP contribution < -0.4 is 5.73 Å². The summed E-state index contributed by atoms with van der Waals surface area (Å²) in [6.45, 7) is 5.12. The van der Waals surface area contributed by atoms with Crippen molar-refractivity contribution in [1.29, 1.82) is 0 Å². The van der Waals surface area contributed by atoms with E-state index in [9.17, 15) is 4.79 Å². The fraction of sp³-hybridized carbons (Fsp3) is 0.538. The molecule has 2 atom stereocenters. The lowest BCUT2D eigenvalue weighted by molar-refractivity contribution is 0.0545. The third-order valence-corrected chi connectivity index (χ3v) is 3.62. The number of carbonyl (C=O) groups excluding carboxylic acids is 1. The number of hydrogen-bond acceptors (Lipinski definition) is 3. The molecule has 17 heavy (non-hydrogen) atoms. The molecular formula is C13H19N3O. The molecule has 1 aliphatic rings. The molecule has 1 fully saturated rings. The Morgan fingerprint density at radius 2 is 2.24 bits per heavy atom. The molecule has 0 aromatic carbocycles. The first-order chi connectivity index (χ1) is 8.09. The molecule has 0 unspecified atom stereocenters. The van der Waals surface area contributed by atoms with E-state index in [1.54, 1.807) is 18.2 Å². The van der Waals surface area contributed by atoms with Crippen LogP contribution in [0.5, 0.6) is 0 Å². The van der Waals surface area contributed by atoms with Gasteiger partial charge in [0.1, 0.15) is 11.5 Å². The molecule has 4 heteroatoms. The molecule has 0 bridgehead atoms. The van der Waals surface area contributed by atoms with Crippen LogP contribution in [0.15, 0.2) is 18.2 Å². The van der Waals surface area contributed by atoms with E-state index in [4.69, 9.17) is 5.73 Å². The predicted molar refractivity (Wildman–Crippen MR) is 67.5 cm³/mol. The molecule has 0 radical (unpaired) electrons. The van der Waals surface area contributed by atoms with E-state index in [0.717, 1.165) is 13.0 Å². The molecule has 2 N–H and O–H groups in total. The summed E-state index contributed by atoms with van der Waals surface area (Å²) in [7, 11) is 0. The van der Waals surface area contributed by atoms with Gasteiger partial charge < -0.3 is 10.6 Å². The molecule has 1 amide bonds. The quantitative estimate of drug-likeness (QED) is 0.806. The topological polar surface area (TPSA) is 59.2 Å². The Hall–Kier alpha value is -1.58. The van der Waals surface area contributed by atoms with Crippen molar-refractivity contribution < 1.29 is 4.79 Å². The van der Waals surface area contributed by atoms with E-state index in [-0.39, 0.29) is 11.9 Å². The second-order valence-corrected chi connectivity index (χ2v) is 4.81. The number of likely N-dealkylation sites (tertiary alicyclic amines) is 1. The maximum Gasteiger partial charge on any atom is 0.272 e. The van der Waals surface area contributed by atoms with Crippen molar-refractivity contribution in [3.8, 4) is 0 Å². The first-order valence-electron chi connectivity index (χ1n) is 6.13. The number of anilines is 1. The highest BCUT2D eigenvalue weighted by Crippen LogP contribution is 2.24. The SMILES string of the molecule is C[C@@H]1CCCN(C(=O)c2cccc(N)n2)[C@@H]1C.